The molecule has 2 rings (SSSR count). The highest BCUT2D eigenvalue weighted by Crippen LogP contribution is 2.16. The molecule has 1 amide bonds. The zero-order valence-corrected chi connectivity index (χ0v) is 9.14. The summed E-state index contributed by atoms with van der Waals surface area (Å²) in [4.78, 5) is 19.4. The Morgan fingerprint density at radius 2 is 2.18 bits per heavy atom. The first-order valence-electron chi connectivity index (χ1n) is 5.00. The minimum Gasteiger partial charge on any atom is -0.320 e. The van der Waals surface area contributed by atoms with Gasteiger partial charge in [-0.15, -0.1) is 0 Å². The molecule has 0 unspecified atom stereocenters. The smallest absolute Gasteiger partial charge is 0.275 e. The number of carbonyl (C=O) groups is 1. The molecule has 5 heteroatoms. The second-order valence-corrected chi connectivity index (χ2v) is 3.50. The Morgan fingerprint density at radius 3 is 2.82 bits per heavy atom. The van der Waals surface area contributed by atoms with Crippen molar-refractivity contribution in [3.05, 3.63) is 53.9 Å². The van der Waals surface area contributed by atoms with E-state index in [4.69, 9.17) is 0 Å². The summed E-state index contributed by atoms with van der Waals surface area (Å²) in [5.41, 5.74) is 1.43. The van der Waals surface area contributed by atoms with Gasteiger partial charge in [-0.2, -0.15) is 0 Å². The predicted octanol–water partition coefficient (Wildman–Crippen LogP) is 2.18. The number of hydrogen-bond donors (Lipinski definition) is 1. The Balaban J connectivity index is 2.19. The molecule has 1 aromatic carbocycles. The molecule has 0 aliphatic heterocycles. The minimum atomic E-state index is -0.368. The van der Waals surface area contributed by atoms with E-state index in [1.165, 1.54) is 36.8 Å². The first kappa shape index (κ1) is 11.2. The predicted molar refractivity (Wildman–Crippen MR) is 61.1 cm³/mol. The quantitative estimate of drug-likeness (QED) is 0.861. The molecule has 17 heavy (non-hydrogen) atoms. The molecule has 0 bridgehead atoms. The van der Waals surface area contributed by atoms with Crippen molar-refractivity contribution in [3.63, 3.8) is 0 Å². The first-order valence-corrected chi connectivity index (χ1v) is 5.00. The molecule has 0 atom stereocenters. The van der Waals surface area contributed by atoms with Crippen LogP contribution in [0, 0.1) is 12.7 Å². The topological polar surface area (TPSA) is 54.9 Å². The minimum absolute atomic E-state index is 0.219. The third-order valence-electron chi connectivity index (χ3n) is 2.23. The summed E-state index contributed by atoms with van der Waals surface area (Å²) in [5.74, 6) is -0.701. The van der Waals surface area contributed by atoms with Crippen LogP contribution in [0.25, 0.3) is 0 Å². The molecule has 2 aromatic rings. The number of rotatable bonds is 2. The summed E-state index contributed by atoms with van der Waals surface area (Å²) < 4.78 is 12.9. The number of nitrogens with zero attached hydrogens (tertiary/aromatic N) is 2. The standard InChI is InChI=1S/C12H10FN3O/c1-8-6-9(13)2-3-10(8)16-12(17)11-7-14-4-5-15-11/h2-7H,1H3,(H,16,17). The third-order valence-corrected chi connectivity index (χ3v) is 2.23. The Labute approximate surface area is 97.5 Å². The Bertz CT molecular complexity index is 543. The van der Waals surface area contributed by atoms with Crippen LogP contribution in [-0.4, -0.2) is 15.9 Å². The fourth-order valence-corrected chi connectivity index (χ4v) is 1.37. The van der Waals surface area contributed by atoms with E-state index < -0.39 is 0 Å². The normalized spacial score (nSPS) is 10.0. The molecule has 0 aliphatic rings. The van der Waals surface area contributed by atoms with Gasteiger partial charge in [-0.05, 0) is 30.7 Å². The summed E-state index contributed by atoms with van der Waals surface area (Å²) in [7, 11) is 0. The first-order chi connectivity index (χ1) is 8.16. The van der Waals surface area contributed by atoms with Crippen molar-refractivity contribution < 1.29 is 9.18 Å². The van der Waals surface area contributed by atoms with Crippen LogP contribution in [0.2, 0.25) is 0 Å². The third kappa shape index (κ3) is 2.63. The van der Waals surface area contributed by atoms with Gasteiger partial charge >= 0.3 is 0 Å². The summed E-state index contributed by atoms with van der Waals surface area (Å²) in [5, 5.41) is 2.65. The average molecular weight is 231 g/mol. The monoisotopic (exact) mass is 231 g/mol. The molecule has 0 fully saturated rings. The van der Waals surface area contributed by atoms with Crippen molar-refractivity contribution in [3.8, 4) is 0 Å². The van der Waals surface area contributed by atoms with E-state index in [2.05, 4.69) is 15.3 Å². The lowest BCUT2D eigenvalue weighted by Crippen LogP contribution is -2.14. The summed E-state index contributed by atoms with van der Waals surface area (Å²) in [6, 6.07) is 4.16. The fraction of sp³-hybridized carbons (Fsp3) is 0.0833. The second kappa shape index (κ2) is 4.69. The Kier molecular flexibility index (Phi) is 3.09. The van der Waals surface area contributed by atoms with Crippen molar-refractivity contribution >= 4 is 11.6 Å². The molecule has 0 radical (unpaired) electrons. The molecule has 1 heterocycles. The maximum Gasteiger partial charge on any atom is 0.275 e. The number of benzene rings is 1. The molecule has 0 saturated carbocycles. The number of hydrogen-bond acceptors (Lipinski definition) is 3. The van der Waals surface area contributed by atoms with Crippen molar-refractivity contribution in [2.24, 2.45) is 0 Å². The van der Waals surface area contributed by atoms with Crippen LogP contribution >= 0.6 is 0 Å². The van der Waals surface area contributed by atoms with Crippen LogP contribution in [0.15, 0.2) is 36.8 Å². The van der Waals surface area contributed by atoms with Crippen molar-refractivity contribution in [2.75, 3.05) is 5.32 Å². The molecule has 0 saturated heterocycles. The van der Waals surface area contributed by atoms with E-state index in [0.29, 0.717) is 11.3 Å². The van der Waals surface area contributed by atoms with Crippen molar-refractivity contribution in [2.45, 2.75) is 6.92 Å². The van der Waals surface area contributed by atoms with E-state index in [9.17, 15) is 9.18 Å². The SMILES string of the molecule is Cc1cc(F)ccc1NC(=O)c1cnccn1. The number of aryl methyl sites for hydroxylation is 1. The van der Waals surface area contributed by atoms with Gasteiger partial charge in [-0.25, -0.2) is 9.37 Å². The lowest BCUT2D eigenvalue weighted by Gasteiger charge is -2.07. The molecule has 1 aromatic heterocycles. The number of carbonyl (C=O) groups excluding carboxylic acids is 1. The van der Waals surface area contributed by atoms with E-state index in [1.807, 2.05) is 0 Å². The number of nitrogens with one attached hydrogen (secondary N) is 1. The lowest BCUT2D eigenvalue weighted by molar-refractivity contribution is 0.102. The van der Waals surface area contributed by atoms with Gasteiger partial charge in [0.15, 0.2) is 0 Å². The fourth-order valence-electron chi connectivity index (χ4n) is 1.37. The van der Waals surface area contributed by atoms with Crippen molar-refractivity contribution in [1.29, 1.82) is 0 Å². The van der Waals surface area contributed by atoms with Gasteiger partial charge in [-0.3, -0.25) is 9.78 Å². The summed E-state index contributed by atoms with van der Waals surface area (Å²) in [6.07, 6.45) is 4.29. The second-order valence-electron chi connectivity index (χ2n) is 3.50. The molecular formula is C12H10FN3O. The van der Waals surface area contributed by atoms with E-state index in [0.717, 1.165) is 0 Å². The van der Waals surface area contributed by atoms with E-state index in [1.54, 1.807) is 6.92 Å². The molecule has 1 N–H and O–H groups in total. The number of halogens is 1. The van der Waals surface area contributed by atoms with E-state index in [-0.39, 0.29) is 17.4 Å². The molecular weight excluding hydrogens is 221 g/mol. The maximum absolute atomic E-state index is 12.9. The zero-order valence-electron chi connectivity index (χ0n) is 9.14. The van der Waals surface area contributed by atoms with Gasteiger partial charge in [-0.1, -0.05) is 0 Å². The number of aromatic nitrogens is 2. The molecule has 4 nitrogen and oxygen atoms in total. The van der Waals surface area contributed by atoms with Crippen LogP contribution in [-0.2, 0) is 0 Å². The van der Waals surface area contributed by atoms with Gasteiger partial charge in [0.2, 0.25) is 0 Å². The highest BCUT2D eigenvalue weighted by molar-refractivity contribution is 6.02. The van der Waals surface area contributed by atoms with Gasteiger partial charge in [0.25, 0.3) is 5.91 Å². The van der Waals surface area contributed by atoms with Gasteiger partial charge < -0.3 is 5.32 Å². The molecule has 86 valence electrons. The van der Waals surface area contributed by atoms with Crippen LogP contribution in [0.1, 0.15) is 16.1 Å². The highest BCUT2D eigenvalue weighted by Gasteiger charge is 2.08. The Morgan fingerprint density at radius 1 is 1.35 bits per heavy atom. The number of amides is 1. The summed E-state index contributed by atoms with van der Waals surface area (Å²) >= 11 is 0. The molecule has 0 aliphatic carbocycles. The van der Waals surface area contributed by atoms with Crippen molar-refractivity contribution in [1.82, 2.24) is 9.97 Å². The van der Waals surface area contributed by atoms with Crippen LogP contribution in [0.4, 0.5) is 10.1 Å². The van der Waals surface area contributed by atoms with Gasteiger partial charge in [0.05, 0.1) is 6.20 Å². The zero-order chi connectivity index (χ0) is 12.3. The van der Waals surface area contributed by atoms with Crippen LogP contribution < -0.4 is 5.32 Å². The van der Waals surface area contributed by atoms with Crippen LogP contribution in [0.3, 0.4) is 0 Å². The average Bonchev–Trinajstić information content (AvgIpc) is 2.34. The maximum atomic E-state index is 12.9. The van der Waals surface area contributed by atoms with Crippen LogP contribution in [0.5, 0.6) is 0 Å². The highest BCUT2D eigenvalue weighted by atomic mass is 19.1. The number of anilines is 1. The largest absolute Gasteiger partial charge is 0.320 e. The van der Waals surface area contributed by atoms with Gasteiger partial charge in [0, 0.05) is 18.1 Å². The van der Waals surface area contributed by atoms with Gasteiger partial charge in [0.1, 0.15) is 11.5 Å². The van der Waals surface area contributed by atoms with E-state index >= 15 is 0 Å². The summed E-state index contributed by atoms with van der Waals surface area (Å²) in [6.45, 7) is 1.72. The molecule has 0 spiro atoms. The lowest BCUT2D eigenvalue weighted by atomic mass is 10.2. The Hall–Kier alpha value is -2.30.